The number of likely N-dealkylation sites (N-methyl/N-ethyl adjacent to an activating group) is 1. The van der Waals surface area contributed by atoms with Gasteiger partial charge in [0.05, 0.1) is 24.3 Å². The lowest BCUT2D eigenvalue weighted by molar-refractivity contribution is -0.286. The molecule has 1 fully saturated rings. The Hall–Kier alpha value is -4.09. The Bertz CT molecular complexity index is 1430. The first kappa shape index (κ1) is 27.5. The molecule has 9 nitrogen and oxygen atoms in total. The van der Waals surface area contributed by atoms with Crippen molar-refractivity contribution in [1.29, 1.82) is 0 Å². The number of carbonyl (C=O) groups excluding carboxylic acids is 2. The average Bonchev–Trinajstić information content (AvgIpc) is 3.68. The van der Waals surface area contributed by atoms with Crippen LogP contribution in [0.25, 0.3) is 11.3 Å². The summed E-state index contributed by atoms with van der Waals surface area (Å²) in [5, 5.41) is 8.72. The fourth-order valence-electron chi connectivity index (χ4n) is 4.57. The average molecular weight is 553 g/mol. The second-order valence-corrected chi connectivity index (χ2v) is 9.78. The maximum atomic E-state index is 13.5. The molecular formula is C29H30F2N4O5. The first-order chi connectivity index (χ1) is 19.2. The number of ether oxygens (including phenoxy) is 3. The number of amides is 2. The Kier molecular flexibility index (Phi) is 7.68. The van der Waals surface area contributed by atoms with Gasteiger partial charge < -0.3 is 30.2 Å². The zero-order valence-corrected chi connectivity index (χ0v) is 22.2. The molecule has 210 valence electrons. The Morgan fingerprint density at radius 3 is 2.55 bits per heavy atom. The number of rotatable bonds is 11. The van der Waals surface area contributed by atoms with Crippen molar-refractivity contribution in [3.8, 4) is 22.8 Å². The maximum absolute atomic E-state index is 13.5. The molecule has 1 aliphatic heterocycles. The second-order valence-electron chi connectivity index (χ2n) is 9.78. The van der Waals surface area contributed by atoms with Crippen molar-refractivity contribution < 1.29 is 32.6 Å². The third kappa shape index (κ3) is 5.90. The third-order valence-corrected chi connectivity index (χ3v) is 6.90. The molecule has 0 spiro atoms. The molecular weight excluding hydrogens is 522 g/mol. The van der Waals surface area contributed by atoms with E-state index < -0.39 is 11.7 Å². The Labute approximate surface area is 230 Å². The van der Waals surface area contributed by atoms with Crippen LogP contribution < -0.4 is 25.4 Å². The molecule has 0 radical (unpaired) electrons. The minimum absolute atomic E-state index is 0.0661. The number of fused-ring (bicyclic) bond motifs is 1. The molecule has 0 bridgehead atoms. The minimum Gasteiger partial charge on any atom is -0.395 e. The molecule has 0 atom stereocenters. The van der Waals surface area contributed by atoms with Gasteiger partial charge in [-0.3, -0.25) is 9.59 Å². The van der Waals surface area contributed by atoms with E-state index in [-0.39, 0.29) is 23.3 Å². The molecule has 0 saturated heterocycles. The van der Waals surface area contributed by atoms with E-state index in [0.717, 1.165) is 17.7 Å². The van der Waals surface area contributed by atoms with Gasteiger partial charge in [0.1, 0.15) is 5.82 Å². The van der Waals surface area contributed by atoms with Crippen molar-refractivity contribution in [3.05, 3.63) is 71.3 Å². The minimum atomic E-state index is -3.72. The smallest absolute Gasteiger partial charge is 0.395 e. The van der Waals surface area contributed by atoms with Crippen LogP contribution in [-0.4, -0.2) is 56.4 Å². The van der Waals surface area contributed by atoms with Crippen LogP contribution in [0.4, 0.5) is 14.6 Å². The lowest BCUT2D eigenvalue weighted by Gasteiger charge is -2.17. The van der Waals surface area contributed by atoms with E-state index in [4.69, 9.17) is 4.74 Å². The Morgan fingerprint density at radius 1 is 1.00 bits per heavy atom. The standard InChI is InChI=1S/C29H30F2N4O5/c1-18-6-9-24(34-25(18)19-4-3-5-20(16-19)26(36)33-13-15-38-14-12-32-2)35-27(37)28(10-11-28)21-7-8-22-23(17-21)40-29(30,31)39-22/h3-9,16-17,32H,10-15H2,1-2H3,(H,33,36)(H,34,35,37). The van der Waals surface area contributed by atoms with Crippen LogP contribution in [0.5, 0.6) is 11.5 Å². The molecule has 2 aromatic carbocycles. The van der Waals surface area contributed by atoms with Gasteiger partial charge in [0.2, 0.25) is 5.91 Å². The summed E-state index contributed by atoms with van der Waals surface area (Å²) in [6.07, 6.45) is -2.60. The van der Waals surface area contributed by atoms with Crippen molar-refractivity contribution in [2.75, 3.05) is 38.7 Å². The van der Waals surface area contributed by atoms with Crippen LogP contribution in [-0.2, 0) is 14.9 Å². The number of carbonyl (C=O) groups is 2. The quantitative estimate of drug-likeness (QED) is 0.308. The zero-order valence-electron chi connectivity index (χ0n) is 22.2. The van der Waals surface area contributed by atoms with Crippen LogP contribution in [0.1, 0.15) is 34.3 Å². The molecule has 5 rings (SSSR count). The molecule has 3 aromatic rings. The molecule has 1 aromatic heterocycles. The summed E-state index contributed by atoms with van der Waals surface area (Å²) in [5.74, 6) is -0.326. The summed E-state index contributed by atoms with van der Waals surface area (Å²) < 4.78 is 41.4. The number of halogens is 2. The van der Waals surface area contributed by atoms with Gasteiger partial charge in [0.25, 0.3) is 5.91 Å². The number of pyridine rings is 1. The monoisotopic (exact) mass is 552 g/mol. The normalized spacial score (nSPS) is 15.9. The van der Waals surface area contributed by atoms with Gasteiger partial charge in [-0.05, 0) is 68.3 Å². The molecule has 1 aliphatic carbocycles. The number of alkyl halides is 2. The van der Waals surface area contributed by atoms with Crippen LogP contribution in [0.2, 0.25) is 0 Å². The number of hydrogen-bond acceptors (Lipinski definition) is 7. The van der Waals surface area contributed by atoms with Crippen LogP contribution in [0, 0.1) is 6.92 Å². The number of hydrogen-bond donors (Lipinski definition) is 3. The van der Waals surface area contributed by atoms with E-state index >= 15 is 0 Å². The zero-order chi connectivity index (χ0) is 28.3. The molecule has 3 N–H and O–H groups in total. The second kappa shape index (κ2) is 11.2. The SMILES string of the molecule is CNCCOCCNC(=O)c1cccc(-c2nc(NC(=O)C3(c4ccc5c(c4)OC(F)(F)O5)CC3)ccc2C)c1. The van der Waals surface area contributed by atoms with E-state index in [9.17, 15) is 18.4 Å². The number of aryl methyl sites for hydroxylation is 1. The van der Waals surface area contributed by atoms with Crippen molar-refractivity contribution in [2.45, 2.75) is 31.5 Å². The third-order valence-electron chi connectivity index (χ3n) is 6.90. The van der Waals surface area contributed by atoms with Gasteiger partial charge in [0.15, 0.2) is 11.5 Å². The topological polar surface area (TPSA) is 111 Å². The highest BCUT2D eigenvalue weighted by molar-refractivity contribution is 6.01. The molecule has 40 heavy (non-hydrogen) atoms. The molecule has 2 aliphatic rings. The highest BCUT2D eigenvalue weighted by Crippen LogP contribution is 2.52. The largest absolute Gasteiger partial charge is 0.586 e. The van der Waals surface area contributed by atoms with E-state index in [1.165, 1.54) is 12.1 Å². The molecule has 11 heteroatoms. The number of aromatic nitrogens is 1. The summed E-state index contributed by atoms with van der Waals surface area (Å²) in [5.41, 5.74) is 2.41. The van der Waals surface area contributed by atoms with E-state index in [1.807, 2.05) is 26.1 Å². The molecule has 2 amide bonds. The highest BCUT2D eigenvalue weighted by Gasteiger charge is 2.53. The summed E-state index contributed by atoms with van der Waals surface area (Å²) >= 11 is 0. The van der Waals surface area contributed by atoms with E-state index in [1.54, 1.807) is 30.3 Å². The van der Waals surface area contributed by atoms with Crippen molar-refractivity contribution >= 4 is 17.6 Å². The number of nitrogens with zero attached hydrogens (tertiary/aromatic N) is 1. The molecule has 2 heterocycles. The van der Waals surface area contributed by atoms with Crippen LogP contribution in [0.3, 0.4) is 0 Å². The lowest BCUT2D eigenvalue weighted by Crippen LogP contribution is -2.28. The van der Waals surface area contributed by atoms with Crippen molar-refractivity contribution in [1.82, 2.24) is 15.6 Å². The lowest BCUT2D eigenvalue weighted by atomic mass is 9.94. The van der Waals surface area contributed by atoms with E-state index in [0.29, 0.717) is 55.2 Å². The molecule has 1 saturated carbocycles. The fourth-order valence-corrected chi connectivity index (χ4v) is 4.57. The summed E-state index contributed by atoms with van der Waals surface area (Å²) in [6, 6.07) is 15.1. The predicted octanol–water partition coefficient (Wildman–Crippen LogP) is 4.01. The number of anilines is 1. The Balaban J connectivity index is 1.27. The van der Waals surface area contributed by atoms with Gasteiger partial charge in [-0.1, -0.05) is 24.3 Å². The fraction of sp³-hybridized carbons (Fsp3) is 0.345. The van der Waals surface area contributed by atoms with Crippen LogP contribution in [0.15, 0.2) is 54.6 Å². The first-order valence-corrected chi connectivity index (χ1v) is 13.0. The summed E-state index contributed by atoms with van der Waals surface area (Å²) in [7, 11) is 1.84. The van der Waals surface area contributed by atoms with Crippen molar-refractivity contribution in [2.24, 2.45) is 0 Å². The number of benzene rings is 2. The van der Waals surface area contributed by atoms with Crippen LogP contribution >= 0.6 is 0 Å². The first-order valence-electron chi connectivity index (χ1n) is 13.0. The summed E-state index contributed by atoms with van der Waals surface area (Å²) in [4.78, 5) is 30.7. The van der Waals surface area contributed by atoms with Gasteiger partial charge in [-0.2, -0.15) is 0 Å². The van der Waals surface area contributed by atoms with Gasteiger partial charge >= 0.3 is 6.29 Å². The van der Waals surface area contributed by atoms with E-state index in [2.05, 4.69) is 30.4 Å². The maximum Gasteiger partial charge on any atom is 0.586 e. The summed E-state index contributed by atoms with van der Waals surface area (Å²) in [6.45, 7) is 4.00. The van der Waals surface area contributed by atoms with Gasteiger partial charge in [-0.25, -0.2) is 4.98 Å². The highest BCUT2D eigenvalue weighted by atomic mass is 19.3. The molecule has 0 unspecified atom stereocenters. The predicted molar refractivity (Wildman–Crippen MR) is 144 cm³/mol. The number of nitrogens with one attached hydrogen (secondary N) is 3. The van der Waals surface area contributed by atoms with Gasteiger partial charge in [-0.15, -0.1) is 8.78 Å². The van der Waals surface area contributed by atoms with Crippen molar-refractivity contribution in [3.63, 3.8) is 0 Å². The Morgan fingerprint density at radius 2 is 1.77 bits per heavy atom. The van der Waals surface area contributed by atoms with Gasteiger partial charge in [0, 0.05) is 24.2 Å².